The third-order valence-electron chi connectivity index (χ3n) is 4.73. The summed E-state index contributed by atoms with van der Waals surface area (Å²) in [6.07, 6.45) is 2.04. The monoisotopic (exact) mass is 366 g/mol. The second-order valence-electron chi connectivity index (χ2n) is 6.47. The molecule has 5 heteroatoms. The first-order chi connectivity index (χ1) is 12.7. The minimum absolute atomic E-state index is 0.179. The summed E-state index contributed by atoms with van der Waals surface area (Å²) in [5.41, 5.74) is 4.33. The fraction of sp³-hybridized carbons (Fsp3) is 0.238. The van der Waals surface area contributed by atoms with Gasteiger partial charge in [-0.05, 0) is 41.8 Å². The number of hydrogen-bond donors (Lipinski definition) is 0. The predicted octanol–water partition coefficient (Wildman–Crippen LogP) is 4.47. The van der Waals surface area contributed by atoms with Gasteiger partial charge in [0.1, 0.15) is 5.82 Å². The Bertz CT molecular complexity index is 920. The van der Waals surface area contributed by atoms with Crippen LogP contribution in [0.15, 0.2) is 53.9 Å². The molecule has 0 spiro atoms. The van der Waals surface area contributed by atoms with Crippen LogP contribution in [0.4, 0.5) is 4.39 Å². The standard InChI is InChI=1S/C21H19FN2OS/c22-18-7-5-16(6-8-18)19-14-26-20(23-19)9-10-21(25)24-12-11-15-3-1-2-4-17(15)13-24/h1-8,14H,9-13H2. The van der Waals surface area contributed by atoms with Crippen molar-refractivity contribution in [3.63, 3.8) is 0 Å². The molecule has 1 aliphatic heterocycles. The average molecular weight is 366 g/mol. The normalized spacial score (nSPS) is 13.5. The van der Waals surface area contributed by atoms with Crippen LogP contribution in [-0.4, -0.2) is 22.3 Å². The highest BCUT2D eigenvalue weighted by Crippen LogP contribution is 2.24. The number of aromatic nitrogens is 1. The topological polar surface area (TPSA) is 33.2 Å². The summed E-state index contributed by atoms with van der Waals surface area (Å²) in [5.74, 6) is -0.0732. The van der Waals surface area contributed by atoms with E-state index in [1.165, 1.54) is 23.3 Å². The smallest absolute Gasteiger partial charge is 0.223 e. The molecular weight excluding hydrogens is 347 g/mol. The van der Waals surface area contributed by atoms with Gasteiger partial charge in [-0.2, -0.15) is 0 Å². The Balaban J connectivity index is 1.36. The Morgan fingerprint density at radius 2 is 1.88 bits per heavy atom. The molecule has 2 heterocycles. The van der Waals surface area contributed by atoms with Crippen LogP contribution in [0.1, 0.15) is 22.6 Å². The molecule has 0 radical (unpaired) electrons. The van der Waals surface area contributed by atoms with Crippen molar-refractivity contribution in [2.75, 3.05) is 6.54 Å². The van der Waals surface area contributed by atoms with Gasteiger partial charge in [0.25, 0.3) is 0 Å². The summed E-state index contributed by atoms with van der Waals surface area (Å²) >= 11 is 1.55. The second-order valence-corrected chi connectivity index (χ2v) is 7.41. The lowest BCUT2D eigenvalue weighted by atomic mass is 9.99. The van der Waals surface area contributed by atoms with Crippen LogP contribution in [-0.2, 0) is 24.2 Å². The molecule has 2 aromatic carbocycles. The molecule has 0 unspecified atom stereocenters. The van der Waals surface area contributed by atoms with Gasteiger partial charge in [0, 0.05) is 36.9 Å². The average Bonchev–Trinajstić information content (AvgIpc) is 3.15. The summed E-state index contributed by atoms with van der Waals surface area (Å²) in [4.78, 5) is 19.1. The van der Waals surface area contributed by atoms with Crippen LogP contribution in [0.25, 0.3) is 11.3 Å². The number of carbonyl (C=O) groups is 1. The van der Waals surface area contributed by atoms with Crippen molar-refractivity contribution in [3.05, 3.63) is 75.9 Å². The van der Waals surface area contributed by atoms with E-state index in [0.29, 0.717) is 19.4 Å². The number of amides is 1. The van der Waals surface area contributed by atoms with Gasteiger partial charge >= 0.3 is 0 Å². The summed E-state index contributed by atoms with van der Waals surface area (Å²) in [5, 5.41) is 2.90. The lowest BCUT2D eigenvalue weighted by molar-refractivity contribution is -0.132. The number of halogens is 1. The molecule has 132 valence electrons. The summed E-state index contributed by atoms with van der Waals surface area (Å²) in [6.45, 7) is 1.49. The Labute approximate surface area is 156 Å². The third kappa shape index (κ3) is 3.68. The molecule has 3 aromatic rings. The van der Waals surface area contributed by atoms with Crippen LogP contribution in [0.5, 0.6) is 0 Å². The van der Waals surface area contributed by atoms with Crippen molar-refractivity contribution in [1.29, 1.82) is 0 Å². The highest BCUT2D eigenvalue weighted by Gasteiger charge is 2.20. The van der Waals surface area contributed by atoms with E-state index in [-0.39, 0.29) is 11.7 Å². The molecule has 1 amide bonds. The maximum absolute atomic E-state index is 13.0. The maximum Gasteiger partial charge on any atom is 0.223 e. The van der Waals surface area contributed by atoms with Gasteiger partial charge in [-0.25, -0.2) is 9.37 Å². The molecule has 0 fully saturated rings. The number of thiazole rings is 1. The zero-order valence-electron chi connectivity index (χ0n) is 14.3. The van der Waals surface area contributed by atoms with E-state index < -0.39 is 0 Å². The first-order valence-electron chi connectivity index (χ1n) is 8.74. The van der Waals surface area contributed by atoms with E-state index >= 15 is 0 Å². The second kappa shape index (κ2) is 7.38. The molecule has 26 heavy (non-hydrogen) atoms. The fourth-order valence-corrected chi connectivity index (χ4v) is 4.07. The first-order valence-corrected chi connectivity index (χ1v) is 9.62. The number of benzene rings is 2. The summed E-state index contributed by atoms with van der Waals surface area (Å²) in [7, 11) is 0. The summed E-state index contributed by atoms with van der Waals surface area (Å²) < 4.78 is 13.0. The third-order valence-corrected chi connectivity index (χ3v) is 5.64. The molecule has 0 N–H and O–H groups in total. The van der Waals surface area contributed by atoms with Crippen LogP contribution < -0.4 is 0 Å². The Hall–Kier alpha value is -2.53. The lowest BCUT2D eigenvalue weighted by Crippen LogP contribution is -2.36. The van der Waals surface area contributed by atoms with E-state index in [9.17, 15) is 9.18 Å². The Kier molecular flexibility index (Phi) is 4.80. The van der Waals surface area contributed by atoms with Crippen LogP contribution in [0.2, 0.25) is 0 Å². The van der Waals surface area contributed by atoms with Gasteiger partial charge in [-0.3, -0.25) is 4.79 Å². The highest BCUT2D eigenvalue weighted by molar-refractivity contribution is 7.09. The molecule has 3 nitrogen and oxygen atoms in total. The highest BCUT2D eigenvalue weighted by atomic mass is 32.1. The minimum atomic E-state index is -0.252. The molecule has 0 aliphatic carbocycles. The zero-order chi connectivity index (χ0) is 17.9. The molecule has 1 aromatic heterocycles. The molecule has 1 aliphatic rings. The number of rotatable bonds is 4. The van der Waals surface area contributed by atoms with Gasteiger partial charge in [0.05, 0.1) is 10.7 Å². The first kappa shape index (κ1) is 16.9. The van der Waals surface area contributed by atoms with Crippen LogP contribution in [0.3, 0.4) is 0 Å². The van der Waals surface area contributed by atoms with Gasteiger partial charge in [0.15, 0.2) is 0 Å². The molecule has 0 bridgehead atoms. The fourth-order valence-electron chi connectivity index (χ4n) is 3.26. The SMILES string of the molecule is O=C(CCc1nc(-c2ccc(F)cc2)cs1)N1CCc2ccccc2C1. The van der Waals surface area contributed by atoms with E-state index in [0.717, 1.165) is 29.2 Å². The predicted molar refractivity (Wildman–Crippen MR) is 101 cm³/mol. The van der Waals surface area contributed by atoms with E-state index in [1.807, 2.05) is 16.3 Å². The van der Waals surface area contributed by atoms with Crippen molar-refractivity contribution < 1.29 is 9.18 Å². The van der Waals surface area contributed by atoms with Crippen LogP contribution in [0, 0.1) is 5.82 Å². The van der Waals surface area contributed by atoms with Crippen molar-refractivity contribution in [2.45, 2.75) is 25.8 Å². The number of aryl methyl sites for hydroxylation is 1. The zero-order valence-corrected chi connectivity index (χ0v) is 15.1. The molecule has 0 saturated carbocycles. The largest absolute Gasteiger partial charge is 0.338 e. The molecule has 4 rings (SSSR count). The minimum Gasteiger partial charge on any atom is -0.338 e. The number of nitrogens with zero attached hydrogens (tertiary/aromatic N) is 2. The van der Waals surface area contributed by atoms with Gasteiger partial charge < -0.3 is 4.90 Å². The van der Waals surface area contributed by atoms with E-state index in [1.54, 1.807) is 23.5 Å². The van der Waals surface area contributed by atoms with Crippen LogP contribution >= 0.6 is 11.3 Å². The van der Waals surface area contributed by atoms with Gasteiger partial charge in [-0.1, -0.05) is 24.3 Å². The van der Waals surface area contributed by atoms with Crippen molar-refractivity contribution in [3.8, 4) is 11.3 Å². The number of hydrogen-bond acceptors (Lipinski definition) is 3. The lowest BCUT2D eigenvalue weighted by Gasteiger charge is -2.28. The Morgan fingerprint density at radius 1 is 1.12 bits per heavy atom. The quantitative estimate of drug-likeness (QED) is 0.683. The number of fused-ring (bicyclic) bond motifs is 1. The Morgan fingerprint density at radius 3 is 2.69 bits per heavy atom. The van der Waals surface area contributed by atoms with E-state index in [4.69, 9.17) is 0 Å². The van der Waals surface area contributed by atoms with Gasteiger partial charge in [0.2, 0.25) is 5.91 Å². The molecular formula is C21H19FN2OS. The van der Waals surface area contributed by atoms with E-state index in [2.05, 4.69) is 23.2 Å². The number of carbonyl (C=O) groups excluding carboxylic acids is 1. The molecule has 0 atom stereocenters. The van der Waals surface area contributed by atoms with Crippen molar-refractivity contribution in [1.82, 2.24) is 9.88 Å². The van der Waals surface area contributed by atoms with Gasteiger partial charge in [-0.15, -0.1) is 11.3 Å². The van der Waals surface area contributed by atoms with Crippen molar-refractivity contribution in [2.24, 2.45) is 0 Å². The maximum atomic E-state index is 13.0. The summed E-state index contributed by atoms with van der Waals surface area (Å²) in [6, 6.07) is 14.7. The molecule has 0 saturated heterocycles. The van der Waals surface area contributed by atoms with Crippen molar-refractivity contribution >= 4 is 17.2 Å².